The van der Waals surface area contributed by atoms with Crippen LogP contribution in [0.5, 0.6) is 0 Å². The van der Waals surface area contributed by atoms with Crippen LogP contribution in [0, 0.1) is 0 Å². The van der Waals surface area contributed by atoms with Crippen molar-refractivity contribution in [2.24, 2.45) is 5.73 Å². The second-order valence-corrected chi connectivity index (χ2v) is 5.35. The van der Waals surface area contributed by atoms with Gasteiger partial charge in [-0.3, -0.25) is 9.69 Å². The number of hydrogen-bond donors (Lipinski definition) is 1. The molecule has 0 saturated carbocycles. The Balaban J connectivity index is 1.94. The summed E-state index contributed by atoms with van der Waals surface area (Å²) in [6.07, 6.45) is 0. The van der Waals surface area contributed by atoms with E-state index in [1.165, 1.54) is 10.4 Å². The van der Waals surface area contributed by atoms with Crippen molar-refractivity contribution in [3.63, 3.8) is 0 Å². The fourth-order valence-electron chi connectivity index (χ4n) is 1.81. The van der Waals surface area contributed by atoms with Gasteiger partial charge in [-0.1, -0.05) is 18.2 Å². The highest BCUT2D eigenvalue weighted by atomic mass is 32.1. The Labute approximate surface area is 111 Å². The van der Waals surface area contributed by atoms with Crippen LogP contribution in [-0.2, 0) is 13.1 Å². The van der Waals surface area contributed by atoms with Crippen molar-refractivity contribution >= 4 is 17.2 Å². The molecule has 1 aromatic carbocycles. The molecule has 18 heavy (non-hydrogen) atoms. The van der Waals surface area contributed by atoms with Crippen LogP contribution in [0.2, 0.25) is 0 Å². The fourth-order valence-corrected chi connectivity index (χ4v) is 2.59. The smallest absolute Gasteiger partial charge is 0.248 e. The minimum atomic E-state index is -0.381. The summed E-state index contributed by atoms with van der Waals surface area (Å²) >= 11 is 1.77. The first kappa shape index (κ1) is 12.8. The van der Waals surface area contributed by atoms with Crippen LogP contribution in [0.4, 0.5) is 0 Å². The van der Waals surface area contributed by atoms with Crippen LogP contribution in [0.3, 0.4) is 0 Å². The summed E-state index contributed by atoms with van der Waals surface area (Å²) in [5.74, 6) is -0.381. The van der Waals surface area contributed by atoms with Crippen molar-refractivity contribution in [2.45, 2.75) is 13.1 Å². The molecule has 2 aromatic rings. The molecular formula is C14H16N2OS. The second kappa shape index (κ2) is 5.80. The zero-order valence-corrected chi connectivity index (χ0v) is 11.1. The molecule has 1 aromatic heterocycles. The van der Waals surface area contributed by atoms with Gasteiger partial charge in [0.25, 0.3) is 0 Å². The highest BCUT2D eigenvalue weighted by Crippen LogP contribution is 2.13. The minimum absolute atomic E-state index is 0.381. The average molecular weight is 260 g/mol. The molecule has 0 aliphatic rings. The van der Waals surface area contributed by atoms with E-state index in [1.54, 1.807) is 23.5 Å². The van der Waals surface area contributed by atoms with E-state index in [2.05, 4.69) is 29.5 Å². The van der Waals surface area contributed by atoms with Gasteiger partial charge < -0.3 is 5.73 Å². The fraction of sp³-hybridized carbons (Fsp3) is 0.214. The number of nitrogens with zero attached hydrogens (tertiary/aromatic N) is 1. The normalized spacial score (nSPS) is 10.8. The number of nitrogens with two attached hydrogens (primary N) is 1. The first-order valence-electron chi connectivity index (χ1n) is 5.75. The lowest BCUT2D eigenvalue weighted by molar-refractivity contribution is 0.100. The molecule has 0 atom stereocenters. The van der Waals surface area contributed by atoms with Gasteiger partial charge >= 0.3 is 0 Å². The van der Waals surface area contributed by atoms with E-state index in [0.717, 1.165) is 13.1 Å². The number of benzene rings is 1. The maximum Gasteiger partial charge on any atom is 0.248 e. The first-order valence-corrected chi connectivity index (χ1v) is 6.63. The molecule has 1 heterocycles. The zero-order chi connectivity index (χ0) is 13.0. The lowest BCUT2D eigenvalue weighted by atomic mass is 10.1. The molecule has 94 valence electrons. The molecule has 1 amide bonds. The second-order valence-electron chi connectivity index (χ2n) is 4.31. The monoisotopic (exact) mass is 260 g/mol. The third kappa shape index (κ3) is 3.42. The molecule has 0 aliphatic heterocycles. The van der Waals surface area contributed by atoms with Crippen molar-refractivity contribution in [1.82, 2.24) is 4.90 Å². The van der Waals surface area contributed by atoms with Crippen molar-refractivity contribution in [1.29, 1.82) is 0 Å². The van der Waals surface area contributed by atoms with Crippen LogP contribution in [0.1, 0.15) is 20.8 Å². The summed E-state index contributed by atoms with van der Waals surface area (Å²) in [7, 11) is 2.09. The number of hydrogen-bond acceptors (Lipinski definition) is 3. The molecular weight excluding hydrogens is 244 g/mol. The van der Waals surface area contributed by atoms with E-state index < -0.39 is 0 Å². The van der Waals surface area contributed by atoms with Crippen LogP contribution < -0.4 is 5.73 Å². The van der Waals surface area contributed by atoms with Crippen LogP contribution in [0.15, 0.2) is 41.8 Å². The Kier molecular flexibility index (Phi) is 4.12. The van der Waals surface area contributed by atoms with Gasteiger partial charge in [0.15, 0.2) is 0 Å². The molecule has 4 heteroatoms. The topological polar surface area (TPSA) is 46.3 Å². The van der Waals surface area contributed by atoms with Crippen LogP contribution in [0.25, 0.3) is 0 Å². The number of primary amides is 1. The number of carbonyl (C=O) groups is 1. The lowest BCUT2D eigenvalue weighted by Gasteiger charge is -2.15. The molecule has 0 radical (unpaired) electrons. The predicted octanol–water partition coefficient (Wildman–Crippen LogP) is 2.48. The first-order chi connectivity index (χ1) is 8.65. The van der Waals surface area contributed by atoms with Gasteiger partial charge in [0, 0.05) is 23.5 Å². The summed E-state index contributed by atoms with van der Waals surface area (Å²) in [5.41, 5.74) is 6.94. The van der Waals surface area contributed by atoms with E-state index >= 15 is 0 Å². The molecule has 0 bridgehead atoms. The van der Waals surface area contributed by atoms with Crippen molar-refractivity contribution in [2.75, 3.05) is 7.05 Å². The van der Waals surface area contributed by atoms with Crippen molar-refractivity contribution in [3.8, 4) is 0 Å². The summed E-state index contributed by atoms with van der Waals surface area (Å²) in [4.78, 5) is 14.6. The number of rotatable bonds is 5. The zero-order valence-electron chi connectivity index (χ0n) is 10.3. The van der Waals surface area contributed by atoms with Crippen LogP contribution >= 0.6 is 11.3 Å². The number of thiophene rings is 1. The predicted molar refractivity (Wildman–Crippen MR) is 74.4 cm³/mol. The van der Waals surface area contributed by atoms with E-state index in [4.69, 9.17) is 5.73 Å². The van der Waals surface area contributed by atoms with E-state index in [9.17, 15) is 4.79 Å². The van der Waals surface area contributed by atoms with Crippen molar-refractivity contribution in [3.05, 3.63) is 57.8 Å². The van der Waals surface area contributed by atoms with E-state index in [-0.39, 0.29) is 5.91 Å². The molecule has 0 unspecified atom stereocenters. The number of carbonyl (C=O) groups excluding carboxylic acids is 1. The molecule has 0 fully saturated rings. The van der Waals surface area contributed by atoms with Gasteiger partial charge in [0.1, 0.15) is 0 Å². The Hall–Kier alpha value is -1.65. The standard InChI is InChI=1S/C14H16N2OS/c1-16(10-13-3-2-8-18-13)9-11-4-6-12(7-5-11)14(15)17/h2-8H,9-10H2,1H3,(H2,15,17). The van der Waals surface area contributed by atoms with Gasteiger partial charge in [0.05, 0.1) is 0 Å². The quantitative estimate of drug-likeness (QED) is 0.897. The average Bonchev–Trinajstić information content (AvgIpc) is 2.82. The molecule has 0 aliphatic carbocycles. The third-order valence-electron chi connectivity index (χ3n) is 2.70. The molecule has 3 nitrogen and oxygen atoms in total. The van der Waals surface area contributed by atoms with Gasteiger partial charge in [0.2, 0.25) is 5.91 Å². The summed E-state index contributed by atoms with van der Waals surface area (Å²) in [6.45, 7) is 1.80. The minimum Gasteiger partial charge on any atom is -0.366 e. The van der Waals surface area contributed by atoms with Crippen molar-refractivity contribution < 1.29 is 4.79 Å². The third-order valence-corrected chi connectivity index (χ3v) is 3.56. The lowest BCUT2D eigenvalue weighted by Crippen LogP contribution is -2.17. The van der Waals surface area contributed by atoms with Crippen LogP contribution in [-0.4, -0.2) is 17.9 Å². The molecule has 0 saturated heterocycles. The molecule has 2 N–H and O–H groups in total. The number of amides is 1. The summed E-state index contributed by atoms with van der Waals surface area (Å²) < 4.78 is 0. The Morgan fingerprint density at radius 2 is 1.94 bits per heavy atom. The largest absolute Gasteiger partial charge is 0.366 e. The van der Waals surface area contributed by atoms with Gasteiger partial charge in [-0.2, -0.15) is 0 Å². The highest BCUT2D eigenvalue weighted by Gasteiger charge is 2.04. The SMILES string of the molecule is CN(Cc1ccc(C(N)=O)cc1)Cc1cccs1. The van der Waals surface area contributed by atoms with Gasteiger partial charge in [-0.05, 0) is 36.2 Å². The Morgan fingerprint density at radius 1 is 1.22 bits per heavy atom. The maximum atomic E-state index is 11.0. The Bertz CT molecular complexity index is 505. The maximum absolute atomic E-state index is 11.0. The van der Waals surface area contributed by atoms with Gasteiger partial charge in [-0.25, -0.2) is 0 Å². The van der Waals surface area contributed by atoms with Gasteiger partial charge in [-0.15, -0.1) is 11.3 Å². The summed E-state index contributed by atoms with van der Waals surface area (Å²) in [6, 6.07) is 11.6. The van der Waals surface area contributed by atoms with E-state index in [1.807, 2.05) is 12.1 Å². The Morgan fingerprint density at radius 3 is 2.50 bits per heavy atom. The highest BCUT2D eigenvalue weighted by molar-refractivity contribution is 7.09. The summed E-state index contributed by atoms with van der Waals surface area (Å²) in [5, 5.41) is 2.09. The molecule has 2 rings (SSSR count). The van der Waals surface area contributed by atoms with E-state index in [0.29, 0.717) is 5.56 Å². The molecule has 0 spiro atoms.